The number of carbonyl (C=O) groups excluding carboxylic acids is 1. The van der Waals surface area contributed by atoms with Crippen molar-refractivity contribution in [3.05, 3.63) is 53.1 Å². The normalized spacial score (nSPS) is 13.9. The first-order valence-electron chi connectivity index (χ1n) is 10.7. The van der Waals surface area contributed by atoms with E-state index in [1.54, 1.807) is 17.0 Å². The van der Waals surface area contributed by atoms with Gasteiger partial charge in [-0.25, -0.2) is 21.1 Å². The van der Waals surface area contributed by atoms with Crippen LogP contribution in [0.15, 0.2) is 41.3 Å². The van der Waals surface area contributed by atoms with Crippen molar-refractivity contribution in [2.75, 3.05) is 42.6 Å². The minimum atomic E-state index is -3.54. The molecule has 0 N–H and O–H groups in total. The van der Waals surface area contributed by atoms with Crippen molar-refractivity contribution in [2.45, 2.75) is 38.0 Å². The Morgan fingerprint density at radius 1 is 1.00 bits per heavy atom. The van der Waals surface area contributed by atoms with Crippen LogP contribution in [-0.4, -0.2) is 60.5 Å². The summed E-state index contributed by atoms with van der Waals surface area (Å²) in [4.78, 5) is 14.8. The van der Waals surface area contributed by atoms with Crippen molar-refractivity contribution in [1.82, 2.24) is 4.31 Å². The first-order valence-corrected chi connectivity index (χ1v) is 14.0. The van der Waals surface area contributed by atoms with Gasteiger partial charge in [-0.1, -0.05) is 6.07 Å². The van der Waals surface area contributed by atoms with Crippen LogP contribution in [0.2, 0.25) is 0 Å². The molecule has 0 saturated carbocycles. The number of anilines is 2. The summed E-state index contributed by atoms with van der Waals surface area (Å²) in [6.45, 7) is 4.52. The van der Waals surface area contributed by atoms with Gasteiger partial charge in [0, 0.05) is 39.3 Å². The number of amides is 1. The third kappa shape index (κ3) is 5.56. The lowest BCUT2D eigenvalue weighted by Gasteiger charge is -2.24. The highest BCUT2D eigenvalue weighted by atomic mass is 32.2. The fourth-order valence-electron chi connectivity index (χ4n) is 4.10. The molecule has 0 radical (unpaired) electrons. The van der Waals surface area contributed by atoms with Crippen LogP contribution in [0, 0.1) is 13.8 Å². The van der Waals surface area contributed by atoms with Crippen LogP contribution < -0.4 is 9.21 Å². The Balaban J connectivity index is 1.70. The van der Waals surface area contributed by atoms with Gasteiger partial charge in [-0.2, -0.15) is 0 Å². The maximum Gasteiger partial charge on any atom is 0.242 e. The van der Waals surface area contributed by atoms with Gasteiger partial charge in [0.05, 0.1) is 16.8 Å². The molecule has 8 nitrogen and oxygen atoms in total. The second kappa shape index (κ2) is 9.44. The van der Waals surface area contributed by atoms with Crippen LogP contribution in [0.3, 0.4) is 0 Å². The number of benzene rings is 2. The average Bonchev–Trinajstić information content (AvgIpc) is 3.12. The molecule has 2 aromatic rings. The van der Waals surface area contributed by atoms with Gasteiger partial charge in [0.2, 0.25) is 26.0 Å². The molecule has 3 rings (SSSR count). The van der Waals surface area contributed by atoms with Gasteiger partial charge in [0.1, 0.15) is 0 Å². The lowest BCUT2D eigenvalue weighted by atomic mass is 10.1. The van der Waals surface area contributed by atoms with Gasteiger partial charge < -0.3 is 4.90 Å². The Hall–Kier alpha value is -2.43. The molecular weight excluding hydrogens is 462 g/mol. The SMILES string of the molecule is Cc1cc(C)cc(N(CCCC(=O)N2CCc3cc(S(=O)(=O)N(C)C)ccc32)S(C)(=O)=O)c1. The maximum atomic E-state index is 12.9. The summed E-state index contributed by atoms with van der Waals surface area (Å²) in [5, 5.41) is 0. The molecule has 0 bridgehead atoms. The highest BCUT2D eigenvalue weighted by molar-refractivity contribution is 7.92. The highest BCUT2D eigenvalue weighted by Crippen LogP contribution is 2.31. The number of hydrogen-bond donors (Lipinski definition) is 0. The molecule has 0 aliphatic carbocycles. The van der Waals surface area contributed by atoms with Crippen molar-refractivity contribution in [1.29, 1.82) is 0 Å². The summed E-state index contributed by atoms with van der Waals surface area (Å²) >= 11 is 0. The first kappa shape index (κ1) is 25.2. The number of fused-ring (bicyclic) bond motifs is 1. The molecule has 1 aliphatic heterocycles. The van der Waals surface area contributed by atoms with E-state index in [0.29, 0.717) is 30.8 Å². The average molecular weight is 494 g/mol. The number of sulfonamides is 2. The molecular formula is C23H31N3O5S2. The van der Waals surface area contributed by atoms with E-state index in [9.17, 15) is 21.6 Å². The van der Waals surface area contributed by atoms with E-state index < -0.39 is 20.0 Å². The minimum Gasteiger partial charge on any atom is -0.312 e. The fraction of sp³-hybridized carbons (Fsp3) is 0.435. The Kier molecular flexibility index (Phi) is 7.21. The Bertz CT molecular complexity index is 1250. The molecule has 0 atom stereocenters. The lowest BCUT2D eigenvalue weighted by molar-refractivity contribution is -0.118. The van der Waals surface area contributed by atoms with Gasteiger partial charge in [0.25, 0.3) is 0 Å². The van der Waals surface area contributed by atoms with Crippen LogP contribution in [-0.2, 0) is 31.3 Å². The van der Waals surface area contributed by atoms with Crippen LogP contribution in [0.4, 0.5) is 11.4 Å². The van der Waals surface area contributed by atoms with Gasteiger partial charge >= 0.3 is 0 Å². The van der Waals surface area contributed by atoms with Crippen LogP contribution in [0.25, 0.3) is 0 Å². The standard InChI is InChI=1S/C23H31N3O5S2/c1-17-13-18(2)15-20(14-17)26(32(5,28)29)11-6-7-23(27)25-12-10-19-16-21(8-9-22(19)25)33(30,31)24(3)4/h8-9,13-16H,6-7,10-12H2,1-5H3. The molecule has 10 heteroatoms. The smallest absolute Gasteiger partial charge is 0.242 e. The molecule has 0 saturated heterocycles. The van der Waals surface area contributed by atoms with Crippen molar-refractivity contribution in [3.8, 4) is 0 Å². The minimum absolute atomic E-state index is 0.106. The Morgan fingerprint density at radius 3 is 2.21 bits per heavy atom. The van der Waals surface area contributed by atoms with Gasteiger partial charge in [-0.3, -0.25) is 9.10 Å². The van der Waals surface area contributed by atoms with Gasteiger partial charge in [-0.05, 0) is 73.7 Å². The number of hydrogen-bond acceptors (Lipinski definition) is 5. The van der Waals surface area contributed by atoms with E-state index in [0.717, 1.165) is 21.0 Å². The Morgan fingerprint density at radius 2 is 1.64 bits per heavy atom. The molecule has 1 aliphatic rings. The van der Waals surface area contributed by atoms with Crippen molar-refractivity contribution >= 4 is 37.3 Å². The van der Waals surface area contributed by atoms with Gasteiger partial charge in [-0.15, -0.1) is 0 Å². The van der Waals surface area contributed by atoms with E-state index in [1.165, 1.54) is 30.7 Å². The maximum absolute atomic E-state index is 12.9. The first-order chi connectivity index (χ1) is 15.3. The fourth-order valence-corrected chi connectivity index (χ4v) is 6.00. The van der Waals surface area contributed by atoms with E-state index >= 15 is 0 Å². The molecule has 180 valence electrons. The molecule has 0 fully saturated rings. The zero-order valence-corrected chi connectivity index (χ0v) is 21.3. The summed E-state index contributed by atoms with van der Waals surface area (Å²) in [7, 11) is -4.07. The number of rotatable bonds is 8. The molecule has 0 aromatic heterocycles. The highest BCUT2D eigenvalue weighted by Gasteiger charge is 2.27. The molecule has 1 amide bonds. The van der Waals surface area contributed by atoms with Crippen molar-refractivity contribution in [2.24, 2.45) is 0 Å². The van der Waals surface area contributed by atoms with E-state index in [4.69, 9.17) is 0 Å². The lowest BCUT2D eigenvalue weighted by Crippen LogP contribution is -2.33. The number of aryl methyl sites for hydroxylation is 2. The summed E-state index contributed by atoms with van der Waals surface area (Å²) in [5.41, 5.74) is 4.08. The van der Waals surface area contributed by atoms with Crippen LogP contribution in [0.5, 0.6) is 0 Å². The molecule has 2 aromatic carbocycles. The number of nitrogens with zero attached hydrogens (tertiary/aromatic N) is 3. The number of carbonyl (C=O) groups is 1. The van der Waals surface area contributed by atoms with Crippen LogP contribution in [0.1, 0.15) is 29.5 Å². The van der Waals surface area contributed by atoms with E-state index in [-0.39, 0.29) is 23.8 Å². The van der Waals surface area contributed by atoms with Crippen LogP contribution >= 0.6 is 0 Å². The third-order valence-corrected chi connectivity index (χ3v) is 8.68. The molecule has 0 spiro atoms. The molecule has 33 heavy (non-hydrogen) atoms. The third-order valence-electron chi connectivity index (χ3n) is 5.67. The van der Waals surface area contributed by atoms with Crippen molar-refractivity contribution in [3.63, 3.8) is 0 Å². The predicted molar refractivity (Wildman–Crippen MR) is 131 cm³/mol. The largest absolute Gasteiger partial charge is 0.312 e. The molecule has 1 heterocycles. The second-order valence-corrected chi connectivity index (χ2v) is 12.7. The van der Waals surface area contributed by atoms with E-state index in [1.807, 2.05) is 32.0 Å². The van der Waals surface area contributed by atoms with Gasteiger partial charge in [0.15, 0.2) is 0 Å². The van der Waals surface area contributed by atoms with E-state index in [2.05, 4.69) is 0 Å². The summed E-state index contributed by atoms with van der Waals surface area (Å²) in [6, 6.07) is 10.5. The summed E-state index contributed by atoms with van der Waals surface area (Å²) in [6.07, 6.45) is 2.31. The topological polar surface area (TPSA) is 95.1 Å². The zero-order chi connectivity index (χ0) is 24.6. The molecule has 0 unspecified atom stereocenters. The second-order valence-electron chi connectivity index (χ2n) is 8.66. The Labute approximate surface area is 196 Å². The predicted octanol–water partition coefficient (Wildman–Crippen LogP) is 2.69. The van der Waals surface area contributed by atoms with Crippen molar-refractivity contribution < 1.29 is 21.6 Å². The summed E-state index contributed by atoms with van der Waals surface area (Å²) in [5.74, 6) is -0.106. The summed E-state index contributed by atoms with van der Waals surface area (Å²) < 4.78 is 52.1. The zero-order valence-electron chi connectivity index (χ0n) is 19.7. The quantitative estimate of drug-likeness (QED) is 0.564. The monoisotopic (exact) mass is 493 g/mol.